The van der Waals surface area contributed by atoms with E-state index in [4.69, 9.17) is 14.6 Å². The average molecular weight is 256 g/mol. The van der Waals surface area contributed by atoms with Gasteiger partial charge >= 0.3 is 5.97 Å². The SMILES string of the molecule is C=CCOC(=O)C(C)C1CCCCC1.CC(=O)O. The van der Waals surface area contributed by atoms with Crippen molar-refractivity contribution in [2.75, 3.05) is 6.61 Å². The van der Waals surface area contributed by atoms with Crippen LogP contribution in [-0.4, -0.2) is 23.7 Å². The molecule has 0 amide bonds. The third-order valence-electron chi connectivity index (χ3n) is 3.07. The number of hydrogen-bond donors (Lipinski definition) is 1. The molecule has 1 N–H and O–H groups in total. The molecule has 1 aliphatic carbocycles. The number of carboxylic acids is 1. The number of esters is 1. The molecule has 1 fully saturated rings. The molecule has 0 spiro atoms. The van der Waals surface area contributed by atoms with Crippen LogP contribution in [-0.2, 0) is 14.3 Å². The molecule has 0 saturated heterocycles. The Balaban J connectivity index is 0.000000631. The normalized spacial score (nSPS) is 17.0. The summed E-state index contributed by atoms with van der Waals surface area (Å²) in [5.41, 5.74) is 0. The van der Waals surface area contributed by atoms with Gasteiger partial charge in [0.15, 0.2) is 0 Å². The number of ether oxygens (including phenoxy) is 1. The molecule has 1 saturated carbocycles. The first-order valence-corrected chi connectivity index (χ1v) is 6.46. The molecule has 0 aromatic carbocycles. The van der Waals surface area contributed by atoms with Gasteiger partial charge < -0.3 is 9.84 Å². The van der Waals surface area contributed by atoms with Gasteiger partial charge in [-0.25, -0.2) is 0 Å². The van der Waals surface area contributed by atoms with Gasteiger partial charge in [0.25, 0.3) is 5.97 Å². The van der Waals surface area contributed by atoms with E-state index in [0.29, 0.717) is 12.5 Å². The van der Waals surface area contributed by atoms with E-state index in [-0.39, 0.29) is 11.9 Å². The van der Waals surface area contributed by atoms with Crippen molar-refractivity contribution >= 4 is 11.9 Å². The maximum Gasteiger partial charge on any atom is 0.309 e. The van der Waals surface area contributed by atoms with E-state index in [2.05, 4.69) is 6.58 Å². The van der Waals surface area contributed by atoms with Crippen molar-refractivity contribution in [2.45, 2.75) is 46.0 Å². The predicted octanol–water partition coefficient (Wildman–Crippen LogP) is 3.02. The van der Waals surface area contributed by atoms with Crippen molar-refractivity contribution in [1.82, 2.24) is 0 Å². The van der Waals surface area contributed by atoms with Crippen LogP contribution in [0.5, 0.6) is 0 Å². The molecular formula is C14H24O4. The summed E-state index contributed by atoms with van der Waals surface area (Å²) in [7, 11) is 0. The van der Waals surface area contributed by atoms with Gasteiger partial charge in [-0.15, -0.1) is 0 Å². The monoisotopic (exact) mass is 256 g/mol. The molecule has 104 valence electrons. The number of carboxylic acid groups (broad SMARTS) is 1. The van der Waals surface area contributed by atoms with Gasteiger partial charge in [0.05, 0.1) is 5.92 Å². The Kier molecular flexibility index (Phi) is 8.97. The fraction of sp³-hybridized carbons (Fsp3) is 0.714. The predicted molar refractivity (Wildman–Crippen MR) is 70.2 cm³/mol. The van der Waals surface area contributed by atoms with Gasteiger partial charge in [-0.05, 0) is 18.8 Å². The molecule has 4 nitrogen and oxygen atoms in total. The highest BCUT2D eigenvalue weighted by molar-refractivity contribution is 5.72. The minimum absolute atomic E-state index is 0.0585. The Hall–Kier alpha value is -1.32. The van der Waals surface area contributed by atoms with E-state index in [1.807, 2.05) is 6.92 Å². The maximum atomic E-state index is 11.5. The summed E-state index contributed by atoms with van der Waals surface area (Å²) < 4.78 is 5.05. The zero-order valence-electron chi connectivity index (χ0n) is 11.4. The van der Waals surface area contributed by atoms with Gasteiger partial charge in [0.1, 0.15) is 6.61 Å². The average Bonchev–Trinajstić information content (AvgIpc) is 2.35. The summed E-state index contributed by atoms with van der Waals surface area (Å²) >= 11 is 0. The topological polar surface area (TPSA) is 63.6 Å². The Morgan fingerprint density at radius 3 is 2.33 bits per heavy atom. The summed E-state index contributed by atoms with van der Waals surface area (Å²) in [5, 5.41) is 7.42. The van der Waals surface area contributed by atoms with Gasteiger partial charge in [-0.1, -0.05) is 38.8 Å². The minimum Gasteiger partial charge on any atom is -0.481 e. The van der Waals surface area contributed by atoms with Gasteiger partial charge in [-0.3, -0.25) is 9.59 Å². The molecule has 0 aromatic rings. The van der Waals surface area contributed by atoms with E-state index in [0.717, 1.165) is 6.92 Å². The van der Waals surface area contributed by atoms with Crippen molar-refractivity contribution in [3.05, 3.63) is 12.7 Å². The highest BCUT2D eigenvalue weighted by atomic mass is 16.5. The second kappa shape index (κ2) is 9.68. The summed E-state index contributed by atoms with van der Waals surface area (Å²) in [6, 6.07) is 0. The van der Waals surface area contributed by atoms with Crippen molar-refractivity contribution < 1.29 is 19.4 Å². The van der Waals surface area contributed by atoms with Crippen LogP contribution in [0.2, 0.25) is 0 Å². The summed E-state index contributed by atoms with van der Waals surface area (Å²) in [6.07, 6.45) is 7.85. The van der Waals surface area contributed by atoms with Crippen molar-refractivity contribution in [3.8, 4) is 0 Å². The lowest BCUT2D eigenvalue weighted by Gasteiger charge is -2.25. The number of rotatable bonds is 4. The van der Waals surface area contributed by atoms with Gasteiger partial charge in [0, 0.05) is 6.92 Å². The molecule has 18 heavy (non-hydrogen) atoms. The Morgan fingerprint density at radius 2 is 1.89 bits per heavy atom. The quantitative estimate of drug-likeness (QED) is 0.620. The van der Waals surface area contributed by atoms with Crippen molar-refractivity contribution in [3.63, 3.8) is 0 Å². The summed E-state index contributed by atoms with van der Waals surface area (Å²) in [4.78, 5) is 20.5. The van der Waals surface area contributed by atoms with Crippen LogP contribution in [0, 0.1) is 11.8 Å². The van der Waals surface area contributed by atoms with Crippen LogP contribution in [0.3, 0.4) is 0 Å². The fourth-order valence-corrected chi connectivity index (χ4v) is 2.10. The molecule has 0 radical (unpaired) electrons. The zero-order valence-corrected chi connectivity index (χ0v) is 11.4. The lowest BCUT2D eigenvalue weighted by Crippen LogP contribution is -2.25. The summed E-state index contributed by atoms with van der Waals surface area (Å²) in [6.45, 7) is 6.94. The molecule has 4 heteroatoms. The minimum atomic E-state index is -0.833. The van der Waals surface area contributed by atoms with Gasteiger partial charge in [0.2, 0.25) is 0 Å². The van der Waals surface area contributed by atoms with E-state index in [1.165, 1.54) is 32.1 Å². The van der Waals surface area contributed by atoms with E-state index in [9.17, 15) is 4.79 Å². The molecule has 1 aliphatic rings. The molecule has 1 rings (SSSR count). The third kappa shape index (κ3) is 7.87. The molecule has 0 aromatic heterocycles. The van der Waals surface area contributed by atoms with Crippen LogP contribution in [0.15, 0.2) is 12.7 Å². The second-order valence-corrected chi connectivity index (χ2v) is 4.62. The summed E-state index contributed by atoms with van der Waals surface area (Å²) in [5.74, 6) is -0.284. The first kappa shape index (κ1) is 16.7. The van der Waals surface area contributed by atoms with Crippen LogP contribution in [0.25, 0.3) is 0 Å². The highest BCUT2D eigenvalue weighted by Gasteiger charge is 2.26. The third-order valence-corrected chi connectivity index (χ3v) is 3.07. The molecule has 0 heterocycles. The standard InChI is InChI=1S/C12H20O2.C2H4O2/c1-3-9-14-12(13)10(2)11-7-5-4-6-8-11;1-2(3)4/h3,10-11H,1,4-9H2,2H3;1H3,(H,3,4). The molecule has 0 bridgehead atoms. The number of carbonyl (C=O) groups is 2. The smallest absolute Gasteiger partial charge is 0.309 e. The molecular weight excluding hydrogens is 232 g/mol. The number of hydrogen-bond acceptors (Lipinski definition) is 3. The van der Waals surface area contributed by atoms with Crippen LogP contribution in [0.4, 0.5) is 0 Å². The fourth-order valence-electron chi connectivity index (χ4n) is 2.10. The maximum absolute atomic E-state index is 11.5. The van der Waals surface area contributed by atoms with Gasteiger partial charge in [-0.2, -0.15) is 0 Å². The van der Waals surface area contributed by atoms with Crippen molar-refractivity contribution in [2.24, 2.45) is 11.8 Å². The lowest BCUT2D eigenvalue weighted by atomic mass is 9.81. The largest absolute Gasteiger partial charge is 0.481 e. The Labute approximate surface area is 109 Å². The van der Waals surface area contributed by atoms with Crippen LogP contribution in [0.1, 0.15) is 46.0 Å². The zero-order chi connectivity index (χ0) is 14.0. The lowest BCUT2D eigenvalue weighted by molar-refractivity contribution is -0.149. The molecule has 1 unspecified atom stereocenters. The highest BCUT2D eigenvalue weighted by Crippen LogP contribution is 2.30. The second-order valence-electron chi connectivity index (χ2n) is 4.62. The molecule has 0 aliphatic heterocycles. The van der Waals surface area contributed by atoms with E-state index >= 15 is 0 Å². The first-order chi connectivity index (χ1) is 8.49. The first-order valence-electron chi connectivity index (χ1n) is 6.46. The Bertz CT molecular complexity index is 263. The van der Waals surface area contributed by atoms with E-state index in [1.54, 1.807) is 6.08 Å². The molecule has 1 atom stereocenters. The Morgan fingerprint density at radius 1 is 1.39 bits per heavy atom. The van der Waals surface area contributed by atoms with Crippen LogP contribution >= 0.6 is 0 Å². The van der Waals surface area contributed by atoms with Crippen LogP contribution < -0.4 is 0 Å². The van der Waals surface area contributed by atoms with E-state index < -0.39 is 5.97 Å². The number of aliphatic carboxylic acids is 1. The van der Waals surface area contributed by atoms with Crippen molar-refractivity contribution in [1.29, 1.82) is 0 Å². The number of carbonyl (C=O) groups excluding carboxylic acids is 1.